The fourth-order valence-corrected chi connectivity index (χ4v) is 3.48. The summed E-state index contributed by atoms with van der Waals surface area (Å²) in [5.74, 6) is -0.682. The van der Waals surface area contributed by atoms with Gasteiger partial charge in [-0.25, -0.2) is 0 Å². The Morgan fingerprint density at radius 3 is 2.35 bits per heavy atom. The van der Waals surface area contributed by atoms with Gasteiger partial charge in [0.15, 0.2) is 5.78 Å². The number of hydrogen-bond acceptors (Lipinski definition) is 4. The maximum atomic E-state index is 12.9. The van der Waals surface area contributed by atoms with Crippen LogP contribution in [0.2, 0.25) is 0 Å². The van der Waals surface area contributed by atoms with Gasteiger partial charge in [0, 0.05) is 40.4 Å². The molecule has 1 heterocycles. The Morgan fingerprint density at radius 1 is 1.12 bits per heavy atom. The number of carbonyl (C=O) groups excluding carboxylic acids is 2. The van der Waals surface area contributed by atoms with E-state index >= 15 is 0 Å². The summed E-state index contributed by atoms with van der Waals surface area (Å²) in [7, 11) is 0. The maximum Gasteiger partial charge on any atom is 0.416 e. The van der Waals surface area contributed by atoms with Crippen molar-refractivity contribution in [1.82, 2.24) is 0 Å². The van der Waals surface area contributed by atoms with Crippen molar-refractivity contribution in [3.8, 4) is 0 Å². The number of thiophene rings is 1. The number of alkyl halides is 3. The van der Waals surface area contributed by atoms with Gasteiger partial charge < -0.3 is 11.1 Å². The van der Waals surface area contributed by atoms with Crippen molar-refractivity contribution in [3.63, 3.8) is 0 Å². The van der Waals surface area contributed by atoms with E-state index in [2.05, 4.69) is 5.32 Å². The van der Waals surface area contributed by atoms with Gasteiger partial charge in [-0.2, -0.15) is 13.2 Å². The van der Waals surface area contributed by atoms with Crippen molar-refractivity contribution in [2.75, 3.05) is 5.32 Å². The van der Waals surface area contributed by atoms with Gasteiger partial charge in [0.2, 0.25) is 5.91 Å². The smallest absolute Gasteiger partial charge is 0.326 e. The van der Waals surface area contributed by atoms with Crippen LogP contribution in [0.1, 0.15) is 44.1 Å². The SMILES string of the molecule is Cc1cc(C(=O)CCC(=O)Nc2cc(CN)cc(C(F)(F)F)c2)c(C)s1. The van der Waals surface area contributed by atoms with Crippen molar-refractivity contribution < 1.29 is 22.8 Å². The highest BCUT2D eigenvalue weighted by Crippen LogP contribution is 2.32. The number of nitrogens with one attached hydrogen (secondary N) is 1. The molecule has 1 amide bonds. The highest BCUT2D eigenvalue weighted by molar-refractivity contribution is 7.12. The summed E-state index contributed by atoms with van der Waals surface area (Å²) in [6.45, 7) is 3.65. The lowest BCUT2D eigenvalue weighted by Crippen LogP contribution is -2.15. The molecular weight excluding hydrogens is 365 g/mol. The average Bonchev–Trinajstić information content (AvgIpc) is 2.90. The third kappa shape index (κ3) is 5.15. The zero-order valence-corrected chi connectivity index (χ0v) is 15.2. The molecule has 0 saturated carbocycles. The molecule has 0 saturated heterocycles. The largest absolute Gasteiger partial charge is 0.416 e. The number of carbonyl (C=O) groups is 2. The van der Waals surface area contributed by atoms with Gasteiger partial charge in [-0.3, -0.25) is 9.59 Å². The van der Waals surface area contributed by atoms with Gasteiger partial charge in [-0.15, -0.1) is 11.3 Å². The molecule has 0 aliphatic heterocycles. The lowest BCUT2D eigenvalue weighted by atomic mass is 10.1. The molecule has 0 fully saturated rings. The Hall–Kier alpha value is -2.19. The minimum atomic E-state index is -4.53. The second-order valence-electron chi connectivity index (χ2n) is 5.92. The number of nitrogens with two attached hydrogens (primary N) is 1. The molecule has 3 N–H and O–H groups in total. The number of aryl methyl sites for hydroxylation is 2. The summed E-state index contributed by atoms with van der Waals surface area (Å²) < 4.78 is 38.7. The summed E-state index contributed by atoms with van der Waals surface area (Å²) in [5.41, 5.74) is 5.40. The van der Waals surface area contributed by atoms with Gasteiger partial charge >= 0.3 is 6.18 Å². The first-order valence-corrected chi connectivity index (χ1v) is 8.73. The first-order valence-electron chi connectivity index (χ1n) is 7.91. The fourth-order valence-electron chi connectivity index (χ4n) is 2.54. The van der Waals surface area contributed by atoms with Gasteiger partial charge in [0.25, 0.3) is 0 Å². The molecule has 2 aromatic rings. The second kappa shape index (κ2) is 8.01. The summed E-state index contributed by atoms with van der Waals surface area (Å²) in [6.07, 6.45) is -4.65. The standard InChI is InChI=1S/C18H19F3N2O2S/c1-10-5-15(11(2)26-10)16(24)3-4-17(25)23-14-7-12(9-22)6-13(8-14)18(19,20)21/h5-8H,3-4,9,22H2,1-2H3,(H,23,25). The zero-order chi connectivity index (χ0) is 19.5. The molecule has 1 aromatic carbocycles. The summed E-state index contributed by atoms with van der Waals surface area (Å²) in [6, 6.07) is 4.97. The Kier molecular flexibility index (Phi) is 6.20. The molecule has 0 spiro atoms. The van der Waals surface area contributed by atoms with E-state index in [1.54, 1.807) is 6.07 Å². The van der Waals surface area contributed by atoms with Crippen molar-refractivity contribution in [2.24, 2.45) is 5.73 Å². The molecule has 8 heteroatoms. The van der Waals surface area contributed by atoms with Crippen LogP contribution >= 0.6 is 11.3 Å². The number of ketones is 1. The molecule has 0 bridgehead atoms. The fraction of sp³-hybridized carbons (Fsp3) is 0.333. The third-order valence-electron chi connectivity index (χ3n) is 3.76. The van der Waals surface area contributed by atoms with Crippen molar-refractivity contribution in [1.29, 1.82) is 0 Å². The summed E-state index contributed by atoms with van der Waals surface area (Å²) in [5, 5.41) is 2.41. The Labute approximate surface area is 153 Å². The van der Waals surface area contributed by atoms with Gasteiger partial charge in [-0.05, 0) is 43.7 Å². The van der Waals surface area contributed by atoms with Crippen LogP contribution in [0.4, 0.5) is 18.9 Å². The molecule has 0 atom stereocenters. The van der Waals surface area contributed by atoms with E-state index in [1.165, 1.54) is 17.4 Å². The lowest BCUT2D eigenvalue weighted by Gasteiger charge is -2.12. The first kappa shape index (κ1) is 20.1. The number of anilines is 1. The Bertz CT molecular complexity index is 828. The monoisotopic (exact) mass is 384 g/mol. The molecule has 0 aliphatic rings. The topological polar surface area (TPSA) is 72.2 Å². The molecular formula is C18H19F3N2O2S. The van der Waals surface area contributed by atoms with Crippen molar-refractivity contribution in [2.45, 2.75) is 39.4 Å². The predicted molar refractivity (Wildman–Crippen MR) is 95.3 cm³/mol. The van der Waals surface area contributed by atoms with Crippen LogP contribution in [-0.4, -0.2) is 11.7 Å². The quantitative estimate of drug-likeness (QED) is 0.723. The van der Waals surface area contributed by atoms with Crippen LogP contribution in [0.25, 0.3) is 0 Å². The highest BCUT2D eigenvalue weighted by atomic mass is 32.1. The van der Waals surface area contributed by atoms with E-state index in [1.807, 2.05) is 13.8 Å². The molecule has 1 aromatic heterocycles. The van der Waals surface area contributed by atoms with Crippen LogP contribution in [0, 0.1) is 13.8 Å². The van der Waals surface area contributed by atoms with Crippen molar-refractivity contribution >= 4 is 28.7 Å². The van der Waals surface area contributed by atoms with E-state index < -0.39 is 17.6 Å². The van der Waals surface area contributed by atoms with Gasteiger partial charge in [0.1, 0.15) is 0 Å². The molecule has 0 aliphatic carbocycles. The van der Waals surface area contributed by atoms with Crippen molar-refractivity contribution in [3.05, 3.63) is 50.7 Å². The molecule has 0 unspecified atom stereocenters. The van der Waals surface area contributed by atoms with E-state index in [0.29, 0.717) is 5.56 Å². The normalized spacial score (nSPS) is 11.5. The lowest BCUT2D eigenvalue weighted by molar-refractivity contribution is -0.137. The molecule has 4 nitrogen and oxygen atoms in total. The maximum absolute atomic E-state index is 12.9. The van der Waals surface area contributed by atoms with E-state index in [9.17, 15) is 22.8 Å². The second-order valence-corrected chi connectivity index (χ2v) is 7.38. The average molecular weight is 384 g/mol. The number of hydrogen-bond donors (Lipinski definition) is 2. The van der Waals surface area contributed by atoms with E-state index in [-0.39, 0.29) is 36.4 Å². The molecule has 26 heavy (non-hydrogen) atoms. The number of Topliss-reactive ketones (excluding diaryl/α,β-unsaturated/α-hetero) is 1. The first-order chi connectivity index (χ1) is 12.1. The predicted octanol–water partition coefficient (Wildman–Crippen LogP) is 4.44. The Morgan fingerprint density at radius 2 is 1.81 bits per heavy atom. The Balaban J connectivity index is 2.03. The number of halogens is 3. The van der Waals surface area contributed by atoms with E-state index in [4.69, 9.17) is 5.73 Å². The third-order valence-corrected chi connectivity index (χ3v) is 4.73. The van der Waals surface area contributed by atoms with Crippen LogP contribution in [0.5, 0.6) is 0 Å². The number of amides is 1. The van der Waals surface area contributed by atoms with Gasteiger partial charge in [0.05, 0.1) is 5.56 Å². The molecule has 2 rings (SSSR count). The minimum Gasteiger partial charge on any atom is -0.326 e. The number of rotatable bonds is 6. The summed E-state index contributed by atoms with van der Waals surface area (Å²) in [4.78, 5) is 26.1. The van der Waals surface area contributed by atoms with Gasteiger partial charge in [-0.1, -0.05) is 0 Å². The molecule has 140 valence electrons. The summed E-state index contributed by atoms with van der Waals surface area (Å²) >= 11 is 1.50. The van der Waals surface area contributed by atoms with Crippen LogP contribution in [0.3, 0.4) is 0 Å². The highest BCUT2D eigenvalue weighted by Gasteiger charge is 2.31. The zero-order valence-electron chi connectivity index (χ0n) is 14.4. The number of benzene rings is 1. The van der Waals surface area contributed by atoms with Crippen LogP contribution in [0.15, 0.2) is 24.3 Å². The van der Waals surface area contributed by atoms with Crippen LogP contribution < -0.4 is 11.1 Å². The van der Waals surface area contributed by atoms with Crippen LogP contribution in [-0.2, 0) is 17.5 Å². The minimum absolute atomic E-state index is 0.00838. The molecule has 0 radical (unpaired) electrons. The van der Waals surface area contributed by atoms with E-state index in [0.717, 1.165) is 21.9 Å².